The first-order valence-corrected chi connectivity index (χ1v) is 6.03. The van der Waals surface area contributed by atoms with Gasteiger partial charge in [-0.25, -0.2) is 0 Å². The predicted molar refractivity (Wildman–Crippen MR) is 63.6 cm³/mol. The molecule has 1 fully saturated rings. The van der Waals surface area contributed by atoms with Gasteiger partial charge >= 0.3 is 0 Å². The molecule has 0 bridgehead atoms. The molecule has 76 valence electrons. The van der Waals surface area contributed by atoms with Gasteiger partial charge in [0.2, 0.25) is 0 Å². The molecule has 0 radical (unpaired) electrons. The average Bonchev–Trinajstić information content (AvgIpc) is 2.11. The lowest BCUT2D eigenvalue weighted by Gasteiger charge is -2.43. The van der Waals surface area contributed by atoms with Crippen molar-refractivity contribution in [2.75, 3.05) is 13.1 Å². The van der Waals surface area contributed by atoms with Gasteiger partial charge in [-0.15, -0.1) is 0 Å². The lowest BCUT2D eigenvalue weighted by atomic mass is 9.72. The Morgan fingerprint density at radius 3 is 2.71 bits per heavy atom. The molecule has 1 N–H and O–H groups in total. The topological polar surface area (TPSA) is 12.0 Å². The zero-order valence-electron chi connectivity index (χ0n) is 8.52. The van der Waals surface area contributed by atoms with Gasteiger partial charge < -0.3 is 5.32 Å². The zero-order chi connectivity index (χ0) is 10.0. The number of hydrogen-bond acceptors (Lipinski definition) is 1. The molecule has 0 atom stereocenters. The van der Waals surface area contributed by atoms with Crippen LogP contribution in [-0.4, -0.2) is 13.1 Å². The van der Waals surface area contributed by atoms with Crippen molar-refractivity contribution in [3.8, 4) is 0 Å². The first-order valence-electron chi connectivity index (χ1n) is 5.24. The third-order valence-corrected chi connectivity index (χ3v) is 3.59. The van der Waals surface area contributed by atoms with Gasteiger partial charge in [-0.2, -0.15) is 0 Å². The molecule has 1 aliphatic heterocycles. The van der Waals surface area contributed by atoms with E-state index in [2.05, 4.69) is 52.4 Å². The minimum absolute atomic E-state index is 0.415. The maximum atomic E-state index is 3.54. The van der Waals surface area contributed by atoms with E-state index in [4.69, 9.17) is 0 Å². The Labute approximate surface area is 94.0 Å². The first-order chi connectivity index (χ1) is 6.77. The van der Waals surface area contributed by atoms with Crippen LogP contribution in [0.2, 0.25) is 0 Å². The summed E-state index contributed by atoms with van der Waals surface area (Å²) in [6.07, 6.45) is 2.55. The van der Waals surface area contributed by atoms with E-state index in [1.807, 2.05) is 0 Å². The third-order valence-electron chi connectivity index (χ3n) is 3.09. The summed E-state index contributed by atoms with van der Waals surface area (Å²) < 4.78 is 1.19. The highest BCUT2D eigenvalue weighted by Gasteiger charge is 2.37. The van der Waals surface area contributed by atoms with Gasteiger partial charge in [0.15, 0.2) is 0 Å². The van der Waals surface area contributed by atoms with E-state index in [0.717, 1.165) is 13.1 Å². The van der Waals surface area contributed by atoms with E-state index in [1.165, 1.54) is 22.9 Å². The van der Waals surface area contributed by atoms with Gasteiger partial charge in [0, 0.05) is 23.0 Å². The van der Waals surface area contributed by atoms with Crippen molar-refractivity contribution in [3.63, 3.8) is 0 Å². The molecular weight excluding hydrogens is 238 g/mol. The van der Waals surface area contributed by atoms with E-state index >= 15 is 0 Å². The van der Waals surface area contributed by atoms with E-state index in [0.29, 0.717) is 5.41 Å². The van der Waals surface area contributed by atoms with Crippen molar-refractivity contribution in [2.24, 2.45) is 0 Å². The highest BCUT2D eigenvalue weighted by molar-refractivity contribution is 9.10. The normalized spacial score (nSPS) is 19.0. The van der Waals surface area contributed by atoms with Gasteiger partial charge in [0.1, 0.15) is 0 Å². The molecule has 1 aromatic carbocycles. The smallest absolute Gasteiger partial charge is 0.0203 e. The fraction of sp³-hybridized carbons (Fsp3) is 0.500. The monoisotopic (exact) mass is 253 g/mol. The Morgan fingerprint density at radius 2 is 2.21 bits per heavy atom. The molecule has 0 spiro atoms. The van der Waals surface area contributed by atoms with Crippen molar-refractivity contribution in [1.82, 2.24) is 5.32 Å². The van der Waals surface area contributed by atoms with Crippen LogP contribution in [0.15, 0.2) is 28.7 Å². The largest absolute Gasteiger partial charge is 0.315 e. The summed E-state index contributed by atoms with van der Waals surface area (Å²) in [7, 11) is 0. The second-order valence-electron chi connectivity index (χ2n) is 4.14. The summed E-state index contributed by atoms with van der Waals surface area (Å²) in [5.74, 6) is 0. The third kappa shape index (κ3) is 1.73. The minimum Gasteiger partial charge on any atom is -0.315 e. The molecular formula is C12H16BrN. The van der Waals surface area contributed by atoms with Crippen molar-refractivity contribution in [2.45, 2.75) is 25.2 Å². The van der Waals surface area contributed by atoms with Gasteiger partial charge in [-0.1, -0.05) is 41.4 Å². The number of rotatable bonds is 3. The van der Waals surface area contributed by atoms with Crippen LogP contribution in [0, 0.1) is 0 Å². The van der Waals surface area contributed by atoms with Crippen LogP contribution < -0.4 is 5.32 Å². The molecule has 2 heteroatoms. The van der Waals surface area contributed by atoms with Crippen molar-refractivity contribution < 1.29 is 0 Å². The van der Waals surface area contributed by atoms with Crippen LogP contribution in [0.1, 0.15) is 25.3 Å². The molecule has 1 aliphatic rings. The van der Waals surface area contributed by atoms with Crippen molar-refractivity contribution in [3.05, 3.63) is 34.3 Å². The lowest BCUT2D eigenvalue weighted by Crippen LogP contribution is -2.56. The maximum Gasteiger partial charge on any atom is 0.0203 e. The molecule has 1 saturated heterocycles. The highest BCUT2D eigenvalue weighted by atomic mass is 79.9. The summed E-state index contributed by atoms with van der Waals surface area (Å²) in [4.78, 5) is 0. The van der Waals surface area contributed by atoms with E-state index in [1.54, 1.807) is 0 Å². The average molecular weight is 254 g/mol. The Bertz CT molecular complexity index is 318. The summed E-state index contributed by atoms with van der Waals surface area (Å²) >= 11 is 3.54. The van der Waals surface area contributed by atoms with Crippen molar-refractivity contribution in [1.29, 1.82) is 0 Å². The van der Waals surface area contributed by atoms with Gasteiger partial charge in [0.05, 0.1) is 0 Å². The SMILES string of the molecule is CCCC1(c2cccc(Br)c2)CNC1. The first kappa shape index (κ1) is 10.2. The number of nitrogens with one attached hydrogen (secondary N) is 1. The highest BCUT2D eigenvalue weighted by Crippen LogP contribution is 2.34. The molecule has 0 aliphatic carbocycles. The van der Waals surface area contributed by atoms with Gasteiger partial charge in [-0.05, 0) is 24.1 Å². The molecule has 0 saturated carbocycles. The quantitative estimate of drug-likeness (QED) is 0.874. The predicted octanol–water partition coefficient (Wildman–Crippen LogP) is 3.09. The summed E-state index contributed by atoms with van der Waals surface area (Å²) in [6.45, 7) is 4.53. The second-order valence-corrected chi connectivity index (χ2v) is 5.06. The van der Waals surface area contributed by atoms with E-state index in [-0.39, 0.29) is 0 Å². The molecule has 1 nitrogen and oxygen atoms in total. The molecule has 0 aromatic heterocycles. The Kier molecular flexibility index (Phi) is 2.93. The molecule has 0 amide bonds. The molecule has 2 rings (SSSR count). The van der Waals surface area contributed by atoms with E-state index in [9.17, 15) is 0 Å². The molecule has 0 unspecified atom stereocenters. The molecule has 14 heavy (non-hydrogen) atoms. The molecule has 1 aromatic rings. The number of hydrogen-bond donors (Lipinski definition) is 1. The summed E-state index contributed by atoms with van der Waals surface area (Å²) in [5.41, 5.74) is 1.89. The van der Waals surface area contributed by atoms with E-state index < -0.39 is 0 Å². The Hall–Kier alpha value is -0.340. The fourth-order valence-corrected chi connectivity index (χ4v) is 2.65. The molecule has 1 heterocycles. The van der Waals surface area contributed by atoms with Crippen LogP contribution >= 0.6 is 15.9 Å². The van der Waals surface area contributed by atoms with Crippen LogP contribution in [0.5, 0.6) is 0 Å². The number of benzene rings is 1. The Morgan fingerprint density at radius 1 is 1.43 bits per heavy atom. The second kappa shape index (κ2) is 4.03. The van der Waals surface area contributed by atoms with Crippen LogP contribution in [0.4, 0.5) is 0 Å². The van der Waals surface area contributed by atoms with Gasteiger partial charge in [-0.3, -0.25) is 0 Å². The van der Waals surface area contributed by atoms with Gasteiger partial charge in [0.25, 0.3) is 0 Å². The fourth-order valence-electron chi connectivity index (χ4n) is 2.25. The minimum atomic E-state index is 0.415. The van der Waals surface area contributed by atoms with Crippen LogP contribution in [0.3, 0.4) is 0 Å². The summed E-state index contributed by atoms with van der Waals surface area (Å²) in [6, 6.07) is 8.74. The maximum absolute atomic E-state index is 3.54. The lowest BCUT2D eigenvalue weighted by molar-refractivity contribution is 0.255. The Balaban J connectivity index is 2.27. The van der Waals surface area contributed by atoms with Crippen LogP contribution in [-0.2, 0) is 5.41 Å². The van der Waals surface area contributed by atoms with Crippen LogP contribution in [0.25, 0.3) is 0 Å². The number of halogens is 1. The van der Waals surface area contributed by atoms with Crippen molar-refractivity contribution >= 4 is 15.9 Å². The zero-order valence-corrected chi connectivity index (χ0v) is 10.1. The summed E-state index contributed by atoms with van der Waals surface area (Å²) in [5, 5.41) is 3.39. The standard InChI is InChI=1S/C12H16BrN/c1-2-6-12(8-14-9-12)10-4-3-5-11(13)7-10/h3-5,7,14H,2,6,8-9H2,1H3.